The van der Waals surface area contributed by atoms with E-state index in [1.165, 1.54) is 0 Å². The first-order valence-corrected chi connectivity index (χ1v) is 4.34. The zero-order chi connectivity index (χ0) is 9.26. The van der Waals surface area contributed by atoms with Crippen LogP contribution in [0, 0.1) is 12.8 Å². The van der Waals surface area contributed by atoms with E-state index in [-0.39, 0.29) is 0 Å². The normalized spacial score (nSPS) is 19.7. The van der Waals surface area contributed by atoms with Crippen molar-refractivity contribution < 1.29 is 0 Å². The summed E-state index contributed by atoms with van der Waals surface area (Å²) < 4.78 is 0. The van der Waals surface area contributed by atoms with Crippen molar-refractivity contribution in [1.29, 1.82) is 0 Å². The van der Waals surface area contributed by atoms with Crippen molar-refractivity contribution in [2.24, 2.45) is 5.92 Å². The van der Waals surface area contributed by atoms with Gasteiger partial charge in [0.05, 0.1) is 11.4 Å². The van der Waals surface area contributed by atoms with Gasteiger partial charge in [-0.05, 0) is 24.1 Å². The van der Waals surface area contributed by atoms with Crippen LogP contribution in [0.4, 0.5) is 0 Å². The number of hydrogen-bond acceptors (Lipinski definition) is 3. The molecule has 1 aliphatic carbocycles. The summed E-state index contributed by atoms with van der Waals surface area (Å²) in [4.78, 5) is 0. The number of nitrogens with zero attached hydrogens (tertiary/aromatic N) is 3. The molecule has 1 unspecified atom stereocenters. The standard InChI is InChI=1S/C10H11N3/c1-7-3-5-9-8(2)11-13-12-10(9)6-4-7/h3-7H,1-2H3. The Balaban J connectivity index is 2.59. The molecule has 0 bridgehead atoms. The zero-order valence-corrected chi connectivity index (χ0v) is 7.73. The molecule has 1 aliphatic rings. The third-order valence-corrected chi connectivity index (χ3v) is 2.14. The maximum Gasteiger partial charge on any atom is 0.0963 e. The molecule has 0 amide bonds. The van der Waals surface area contributed by atoms with Crippen LogP contribution in [-0.4, -0.2) is 15.4 Å². The molecule has 0 fully saturated rings. The van der Waals surface area contributed by atoms with Crippen LogP contribution >= 0.6 is 0 Å². The highest BCUT2D eigenvalue weighted by Crippen LogP contribution is 2.18. The molecule has 0 saturated heterocycles. The highest BCUT2D eigenvalue weighted by Gasteiger charge is 2.06. The van der Waals surface area contributed by atoms with Crippen molar-refractivity contribution in [3.05, 3.63) is 29.1 Å². The Labute approximate surface area is 77.2 Å². The summed E-state index contributed by atoms with van der Waals surface area (Å²) in [6.07, 6.45) is 8.31. The summed E-state index contributed by atoms with van der Waals surface area (Å²) in [5.41, 5.74) is 2.92. The summed E-state index contributed by atoms with van der Waals surface area (Å²) in [6.45, 7) is 4.08. The molecular weight excluding hydrogens is 162 g/mol. The van der Waals surface area contributed by atoms with Gasteiger partial charge in [0, 0.05) is 5.56 Å². The Bertz CT molecular complexity index is 380. The Morgan fingerprint density at radius 2 is 1.92 bits per heavy atom. The van der Waals surface area contributed by atoms with Gasteiger partial charge in [-0.2, -0.15) is 0 Å². The highest BCUT2D eigenvalue weighted by atomic mass is 15.3. The lowest BCUT2D eigenvalue weighted by Crippen LogP contribution is -1.97. The van der Waals surface area contributed by atoms with E-state index in [2.05, 4.69) is 40.6 Å². The first-order chi connectivity index (χ1) is 6.27. The van der Waals surface area contributed by atoms with E-state index < -0.39 is 0 Å². The average molecular weight is 173 g/mol. The van der Waals surface area contributed by atoms with E-state index in [0.29, 0.717) is 5.92 Å². The second-order valence-corrected chi connectivity index (χ2v) is 3.25. The molecule has 1 aromatic rings. The number of fused-ring (bicyclic) bond motifs is 1. The first kappa shape index (κ1) is 8.10. The number of allylic oxidation sites excluding steroid dienone is 2. The molecule has 66 valence electrons. The van der Waals surface area contributed by atoms with Crippen LogP contribution < -0.4 is 0 Å². The van der Waals surface area contributed by atoms with E-state index in [0.717, 1.165) is 17.0 Å². The summed E-state index contributed by atoms with van der Waals surface area (Å²) in [5, 5.41) is 11.6. The molecular formula is C10H11N3. The highest BCUT2D eigenvalue weighted by molar-refractivity contribution is 5.65. The minimum absolute atomic E-state index is 0.452. The number of aromatic nitrogens is 3. The van der Waals surface area contributed by atoms with Crippen LogP contribution in [-0.2, 0) is 0 Å². The van der Waals surface area contributed by atoms with Crippen molar-refractivity contribution in [3.63, 3.8) is 0 Å². The summed E-state index contributed by atoms with van der Waals surface area (Å²) in [7, 11) is 0. The number of rotatable bonds is 0. The Kier molecular flexibility index (Phi) is 1.93. The van der Waals surface area contributed by atoms with Gasteiger partial charge in [-0.25, -0.2) is 0 Å². The fraction of sp³-hybridized carbons (Fsp3) is 0.300. The lowest BCUT2D eigenvalue weighted by atomic mass is 10.1. The molecule has 3 nitrogen and oxygen atoms in total. The molecule has 2 rings (SSSR count). The Hall–Kier alpha value is -1.51. The van der Waals surface area contributed by atoms with Gasteiger partial charge in [0.25, 0.3) is 0 Å². The minimum atomic E-state index is 0.452. The van der Waals surface area contributed by atoms with Gasteiger partial charge in [-0.3, -0.25) is 0 Å². The predicted molar refractivity (Wildman–Crippen MR) is 51.8 cm³/mol. The van der Waals surface area contributed by atoms with Crippen molar-refractivity contribution in [2.45, 2.75) is 13.8 Å². The molecule has 0 aliphatic heterocycles. The quantitative estimate of drug-likeness (QED) is 0.601. The second kappa shape index (κ2) is 3.09. The van der Waals surface area contributed by atoms with Crippen molar-refractivity contribution in [2.75, 3.05) is 0 Å². The van der Waals surface area contributed by atoms with E-state index in [9.17, 15) is 0 Å². The van der Waals surface area contributed by atoms with Crippen molar-refractivity contribution >= 4 is 12.2 Å². The topological polar surface area (TPSA) is 38.7 Å². The Morgan fingerprint density at radius 3 is 2.77 bits per heavy atom. The monoisotopic (exact) mass is 173 g/mol. The van der Waals surface area contributed by atoms with Gasteiger partial charge in [0.2, 0.25) is 0 Å². The molecule has 0 radical (unpaired) electrons. The molecule has 3 heteroatoms. The van der Waals surface area contributed by atoms with Crippen LogP contribution in [0.5, 0.6) is 0 Å². The van der Waals surface area contributed by atoms with Crippen LogP contribution in [0.15, 0.2) is 12.2 Å². The second-order valence-electron chi connectivity index (χ2n) is 3.25. The van der Waals surface area contributed by atoms with Crippen LogP contribution in [0.25, 0.3) is 12.2 Å². The third-order valence-electron chi connectivity index (χ3n) is 2.14. The molecule has 1 atom stereocenters. The van der Waals surface area contributed by atoms with E-state index in [4.69, 9.17) is 0 Å². The van der Waals surface area contributed by atoms with E-state index in [1.807, 2.05) is 13.0 Å². The summed E-state index contributed by atoms with van der Waals surface area (Å²) in [5.74, 6) is 0.452. The third kappa shape index (κ3) is 1.49. The number of aryl methyl sites for hydroxylation is 1. The lowest BCUT2D eigenvalue weighted by molar-refractivity contribution is 0.829. The fourth-order valence-corrected chi connectivity index (χ4v) is 1.31. The molecule has 0 spiro atoms. The van der Waals surface area contributed by atoms with Gasteiger partial charge in [0.1, 0.15) is 0 Å². The molecule has 0 saturated carbocycles. The number of hydrogen-bond donors (Lipinski definition) is 0. The molecule has 1 heterocycles. The van der Waals surface area contributed by atoms with Gasteiger partial charge in [-0.15, -0.1) is 10.2 Å². The molecule has 0 aromatic carbocycles. The maximum absolute atomic E-state index is 3.98. The summed E-state index contributed by atoms with van der Waals surface area (Å²) >= 11 is 0. The predicted octanol–water partition coefficient (Wildman–Crippen LogP) is 1.86. The van der Waals surface area contributed by atoms with Gasteiger partial charge in [-0.1, -0.05) is 25.2 Å². The summed E-state index contributed by atoms with van der Waals surface area (Å²) in [6, 6.07) is 0. The van der Waals surface area contributed by atoms with Crippen LogP contribution in [0.3, 0.4) is 0 Å². The lowest BCUT2D eigenvalue weighted by Gasteiger charge is -1.98. The van der Waals surface area contributed by atoms with Gasteiger partial charge < -0.3 is 0 Å². The molecule has 0 N–H and O–H groups in total. The van der Waals surface area contributed by atoms with E-state index in [1.54, 1.807) is 0 Å². The first-order valence-electron chi connectivity index (χ1n) is 4.34. The van der Waals surface area contributed by atoms with Crippen molar-refractivity contribution in [3.8, 4) is 0 Å². The Morgan fingerprint density at radius 1 is 1.15 bits per heavy atom. The fourth-order valence-electron chi connectivity index (χ4n) is 1.31. The van der Waals surface area contributed by atoms with Gasteiger partial charge >= 0.3 is 0 Å². The molecule has 13 heavy (non-hydrogen) atoms. The SMILES string of the molecule is Cc1nnnc2c1C=CC(C)C=C2. The zero-order valence-electron chi connectivity index (χ0n) is 7.73. The van der Waals surface area contributed by atoms with Crippen molar-refractivity contribution in [1.82, 2.24) is 15.4 Å². The smallest absolute Gasteiger partial charge is 0.0963 e. The minimum Gasteiger partial charge on any atom is -0.135 e. The molecule has 1 aromatic heterocycles. The maximum atomic E-state index is 3.98. The largest absolute Gasteiger partial charge is 0.135 e. The van der Waals surface area contributed by atoms with E-state index >= 15 is 0 Å². The van der Waals surface area contributed by atoms with Crippen LogP contribution in [0.2, 0.25) is 0 Å². The van der Waals surface area contributed by atoms with Crippen LogP contribution in [0.1, 0.15) is 23.9 Å². The average Bonchev–Trinajstić information content (AvgIpc) is 2.30. The van der Waals surface area contributed by atoms with Gasteiger partial charge in [0.15, 0.2) is 0 Å².